The topological polar surface area (TPSA) is 45.6 Å². The number of hydrogen-bond donors (Lipinski definition) is 1. The molecule has 4 nitrogen and oxygen atoms in total. The van der Waals surface area contributed by atoms with Gasteiger partial charge in [-0.2, -0.15) is 0 Å². The first-order valence-electron chi connectivity index (χ1n) is 12.6. The maximum absolute atomic E-state index is 13.2. The number of fused-ring (bicyclic) bond motifs is 2. The average molecular weight is 546 g/mol. The lowest BCUT2D eigenvalue weighted by Gasteiger charge is -2.44. The van der Waals surface area contributed by atoms with Crippen LogP contribution in [0.25, 0.3) is 10.9 Å². The molecule has 186 valence electrons. The van der Waals surface area contributed by atoms with Crippen LogP contribution in [0.15, 0.2) is 83.3 Å². The van der Waals surface area contributed by atoms with Crippen LogP contribution >= 0.6 is 15.9 Å². The molecule has 1 heterocycles. The summed E-state index contributed by atoms with van der Waals surface area (Å²) in [5.74, 6) is 0.204. The Hall–Kier alpha value is -2.73. The summed E-state index contributed by atoms with van der Waals surface area (Å²) in [6.45, 7) is 0.781. The fraction of sp³-hybridized carbons (Fsp3) is 0.323. The van der Waals surface area contributed by atoms with Gasteiger partial charge >= 0.3 is 0 Å². The van der Waals surface area contributed by atoms with E-state index >= 15 is 0 Å². The van der Waals surface area contributed by atoms with Crippen LogP contribution in [-0.2, 0) is 12.0 Å². The minimum atomic E-state index is -1.16. The molecule has 4 aromatic rings. The smallest absolute Gasteiger partial charge is 0.217 e. The largest absolute Gasteiger partial charge is 0.481 e. The minimum absolute atomic E-state index is 0.0178. The van der Waals surface area contributed by atoms with Crippen LogP contribution in [0.5, 0.6) is 5.88 Å². The van der Waals surface area contributed by atoms with E-state index in [0.29, 0.717) is 5.88 Å². The first-order valence-corrected chi connectivity index (χ1v) is 13.4. The molecule has 0 radical (unpaired) electrons. The molecule has 36 heavy (non-hydrogen) atoms. The van der Waals surface area contributed by atoms with Gasteiger partial charge in [0, 0.05) is 33.8 Å². The summed E-state index contributed by atoms with van der Waals surface area (Å²) in [7, 11) is 5.84. The van der Waals surface area contributed by atoms with Crippen molar-refractivity contribution in [2.24, 2.45) is 5.92 Å². The summed E-state index contributed by atoms with van der Waals surface area (Å²) < 4.78 is 6.91. The van der Waals surface area contributed by atoms with Gasteiger partial charge in [0.15, 0.2) is 0 Å². The standard InChI is InChI=1S/C31H33BrN2O2/c1-34(2)20-24-14-9-13-21-10-7-8-15-27(21)31(24,35)29(22-11-5-4-6-12-22)26-19-23-18-25(32)16-17-28(23)33-30(26)36-3/h4-8,10-12,15-19,24,29,35H,9,13-14,20H2,1-3H3/t24-,29-,31+/m1/s1. The van der Waals surface area contributed by atoms with Crippen molar-refractivity contribution in [2.75, 3.05) is 27.7 Å². The van der Waals surface area contributed by atoms with Crippen LogP contribution in [0.2, 0.25) is 0 Å². The Morgan fingerprint density at radius 3 is 2.56 bits per heavy atom. The minimum Gasteiger partial charge on any atom is -0.481 e. The Balaban J connectivity index is 1.84. The average Bonchev–Trinajstić information content (AvgIpc) is 3.01. The molecule has 0 fully saturated rings. The molecule has 1 N–H and O–H groups in total. The highest BCUT2D eigenvalue weighted by Gasteiger charge is 2.49. The molecule has 5 rings (SSSR count). The van der Waals surface area contributed by atoms with E-state index in [1.165, 1.54) is 5.56 Å². The molecule has 5 heteroatoms. The maximum Gasteiger partial charge on any atom is 0.217 e. The van der Waals surface area contributed by atoms with Gasteiger partial charge < -0.3 is 14.7 Å². The first-order chi connectivity index (χ1) is 17.4. The highest BCUT2D eigenvalue weighted by atomic mass is 79.9. The number of pyridine rings is 1. The fourth-order valence-corrected chi connectivity index (χ4v) is 6.38. The van der Waals surface area contributed by atoms with Crippen molar-refractivity contribution in [3.63, 3.8) is 0 Å². The second-order valence-corrected chi connectivity index (χ2v) is 11.0. The number of aliphatic hydroxyl groups is 1. The highest BCUT2D eigenvalue weighted by molar-refractivity contribution is 9.10. The van der Waals surface area contributed by atoms with Gasteiger partial charge in [0.05, 0.1) is 12.6 Å². The Kier molecular flexibility index (Phi) is 7.16. The first kappa shape index (κ1) is 24.9. The van der Waals surface area contributed by atoms with E-state index in [9.17, 15) is 5.11 Å². The lowest BCUT2D eigenvalue weighted by molar-refractivity contribution is -0.0497. The molecule has 3 aromatic carbocycles. The van der Waals surface area contributed by atoms with Crippen molar-refractivity contribution in [3.05, 3.63) is 106 Å². The van der Waals surface area contributed by atoms with Crippen molar-refractivity contribution in [1.29, 1.82) is 0 Å². The lowest BCUT2D eigenvalue weighted by Crippen LogP contribution is -2.45. The van der Waals surface area contributed by atoms with Gasteiger partial charge in [-0.25, -0.2) is 4.98 Å². The Morgan fingerprint density at radius 1 is 1.06 bits per heavy atom. The predicted octanol–water partition coefficient (Wildman–Crippen LogP) is 6.54. The van der Waals surface area contributed by atoms with Crippen molar-refractivity contribution in [2.45, 2.75) is 30.8 Å². The third kappa shape index (κ3) is 4.56. The number of halogens is 1. The molecule has 1 aliphatic carbocycles. The number of nitrogens with zero attached hydrogens (tertiary/aromatic N) is 2. The Morgan fingerprint density at radius 2 is 1.81 bits per heavy atom. The van der Waals surface area contributed by atoms with Crippen molar-refractivity contribution < 1.29 is 9.84 Å². The maximum atomic E-state index is 13.2. The number of aryl methyl sites for hydroxylation is 1. The SMILES string of the molecule is COc1nc2ccc(Br)cc2cc1[C@@H](c1ccccc1)[C@@]1(O)c2ccccc2CCC[C@@H]1CN(C)C. The van der Waals surface area contributed by atoms with E-state index in [1.54, 1.807) is 7.11 Å². The van der Waals surface area contributed by atoms with Crippen LogP contribution in [0.4, 0.5) is 0 Å². The number of hydrogen-bond acceptors (Lipinski definition) is 4. The summed E-state index contributed by atoms with van der Waals surface area (Å²) >= 11 is 3.62. The van der Waals surface area contributed by atoms with Gasteiger partial charge in [-0.3, -0.25) is 0 Å². The molecule has 1 aromatic heterocycles. The third-order valence-electron chi connectivity index (χ3n) is 7.50. The molecule has 0 unspecified atom stereocenters. The highest BCUT2D eigenvalue weighted by Crippen LogP contribution is 2.52. The van der Waals surface area contributed by atoms with E-state index in [4.69, 9.17) is 9.72 Å². The van der Waals surface area contributed by atoms with E-state index in [0.717, 1.165) is 57.9 Å². The zero-order valence-electron chi connectivity index (χ0n) is 21.1. The number of methoxy groups -OCH3 is 1. The van der Waals surface area contributed by atoms with E-state index in [-0.39, 0.29) is 11.8 Å². The van der Waals surface area contributed by atoms with E-state index in [2.05, 4.69) is 83.5 Å². The zero-order valence-corrected chi connectivity index (χ0v) is 22.7. The second kappa shape index (κ2) is 10.3. The molecule has 1 aliphatic rings. The van der Waals surface area contributed by atoms with Gasteiger partial charge in [-0.15, -0.1) is 0 Å². The molecule has 0 saturated heterocycles. The number of rotatable bonds is 6. The van der Waals surface area contributed by atoms with Crippen LogP contribution in [0.3, 0.4) is 0 Å². The molecular formula is C31H33BrN2O2. The van der Waals surface area contributed by atoms with Crippen molar-refractivity contribution >= 4 is 26.8 Å². The third-order valence-corrected chi connectivity index (χ3v) is 8.00. The molecule has 0 amide bonds. The molecule has 3 atom stereocenters. The van der Waals surface area contributed by atoms with Crippen molar-refractivity contribution in [1.82, 2.24) is 9.88 Å². The lowest BCUT2D eigenvalue weighted by atomic mass is 9.66. The molecular weight excluding hydrogens is 512 g/mol. The van der Waals surface area contributed by atoms with Gasteiger partial charge in [0.2, 0.25) is 5.88 Å². The summed E-state index contributed by atoms with van der Waals surface area (Å²) in [6, 6.07) is 27.0. The Labute approximate surface area is 222 Å². The van der Waals surface area contributed by atoms with Gasteiger partial charge in [-0.05, 0) is 74.3 Å². The molecule has 0 aliphatic heterocycles. The van der Waals surface area contributed by atoms with Crippen LogP contribution in [0, 0.1) is 5.92 Å². The predicted molar refractivity (Wildman–Crippen MR) is 150 cm³/mol. The van der Waals surface area contributed by atoms with Crippen molar-refractivity contribution in [3.8, 4) is 5.88 Å². The van der Waals surface area contributed by atoms with Gasteiger partial charge in [0.1, 0.15) is 5.60 Å². The normalized spacial score (nSPS) is 20.7. The van der Waals surface area contributed by atoms with Gasteiger partial charge in [0.25, 0.3) is 0 Å². The fourth-order valence-electron chi connectivity index (χ4n) is 6.00. The van der Waals surface area contributed by atoms with E-state index in [1.807, 2.05) is 30.3 Å². The summed E-state index contributed by atoms with van der Waals surface area (Å²) in [6.07, 6.45) is 2.94. The Bertz CT molecular complexity index is 1360. The van der Waals surface area contributed by atoms with Crippen LogP contribution < -0.4 is 4.74 Å². The molecule has 0 spiro atoms. The van der Waals surface area contributed by atoms with E-state index < -0.39 is 5.60 Å². The second-order valence-electron chi connectivity index (χ2n) is 10.1. The number of ether oxygens (including phenoxy) is 1. The van der Waals surface area contributed by atoms with Crippen LogP contribution in [-0.4, -0.2) is 42.7 Å². The molecule has 0 saturated carbocycles. The molecule has 0 bridgehead atoms. The number of benzene rings is 3. The zero-order chi connectivity index (χ0) is 25.3. The summed E-state index contributed by atoms with van der Waals surface area (Å²) in [5.41, 5.74) is 3.89. The van der Waals surface area contributed by atoms with Gasteiger partial charge in [-0.1, -0.05) is 70.5 Å². The number of aromatic nitrogens is 1. The summed E-state index contributed by atoms with van der Waals surface area (Å²) in [4.78, 5) is 7.10. The monoisotopic (exact) mass is 544 g/mol. The summed E-state index contributed by atoms with van der Waals surface area (Å²) in [5, 5.41) is 14.2. The quantitative estimate of drug-likeness (QED) is 0.280. The van der Waals surface area contributed by atoms with Crippen LogP contribution in [0.1, 0.15) is 41.0 Å².